The number of hydrogen-bond donors (Lipinski definition) is 0. The number of para-hydroxylation sites is 1. The summed E-state index contributed by atoms with van der Waals surface area (Å²) in [5, 5.41) is 4.54. The molecule has 1 aliphatic rings. The third kappa shape index (κ3) is 5.91. The molecule has 1 amide bonds. The Kier molecular flexibility index (Phi) is 8.09. The van der Waals surface area contributed by atoms with E-state index >= 15 is 0 Å². The van der Waals surface area contributed by atoms with E-state index in [2.05, 4.69) is 16.9 Å². The highest BCUT2D eigenvalue weighted by molar-refractivity contribution is 5.95. The number of rotatable bonds is 8. The van der Waals surface area contributed by atoms with Crippen molar-refractivity contribution in [2.75, 3.05) is 32.7 Å². The van der Waals surface area contributed by atoms with E-state index in [0.717, 1.165) is 42.8 Å². The molecular formula is C27H32N4O3. The Labute approximate surface area is 200 Å². The lowest BCUT2D eigenvalue weighted by molar-refractivity contribution is -0.146. The Morgan fingerprint density at radius 2 is 1.68 bits per heavy atom. The molecular weight excluding hydrogens is 428 g/mol. The molecule has 0 bridgehead atoms. The Balaban J connectivity index is 1.36. The van der Waals surface area contributed by atoms with Crippen LogP contribution >= 0.6 is 0 Å². The van der Waals surface area contributed by atoms with Crippen molar-refractivity contribution in [2.45, 2.75) is 32.8 Å². The number of aromatic nitrogens is 2. The van der Waals surface area contributed by atoms with Crippen LogP contribution in [0.1, 0.15) is 41.4 Å². The number of hydrogen-bond acceptors (Lipinski definition) is 5. The maximum absolute atomic E-state index is 13.4. The lowest BCUT2D eigenvalue weighted by Gasteiger charge is -2.22. The zero-order chi connectivity index (χ0) is 23.8. The fourth-order valence-electron chi connectivity index (χ4n) is 4.29. The van der Waals surface area contributed by atoms with Gasteiger partial charge in [-0.25, -0.2) is 4.68 Å². The van der Waals surface area contributed by atoms with Crippen LogP contribution in [0.3, 0.4) is 0 Å². The fourth-order valence-corrected chi connectivity index (χ4v) is 4.29. The maximum Gasteiger partial charge on any atom is 0.320 e. The maximum atomic E-state index is 13.4. The smallest absolute Gasteiger partial charge is 0.320 e. The van der Waals surface area contributed by atoms with E-state index in [4.69, 9.17) is 4.74 Å². The predicted octanol–water partition coefficient (Wildman–Crippen LogP) is 3.72. The van der Waals surface area contributed by atoms with E-state index in [1.54, 1.807) is 6.20 Å². The van der Waals surface area contributed by atoms with Gasteiger partial charge in [0.05, 0.1) is 29.7 Å². The van der Waals surface area contributed by atoms with Crippen molar-refractivity contribution in [3.63, 3.8) is 0 Å². The summed E-state index contributed by atoms with van der Waals surface area (Å²) < 4.78 is 7.31. The van der Waals surface area contributed by atoms with Crippen LogP contribution in [-0.4, -0.2) is 64.2 Å². The van der Waals surface area contributed by atoms with Crippen LogP contribution in [0.15, 0.2) is 66.9 Å². The molecule has 0 unspecified atom stereocenters. The minimum Gasteiger partial charge on any atom is -0.460 e. The average Bonchev–Trinajstić information content (AvgIpc) is 3.14. The van der Waals surface area contributed by atoms with Crippen molar-refractivity contribution in [3.8, 4) is 5.69 Å². The predicted molar refractivity (Wildman–Crippen MR) is 131 cm³/mol. The molecule has 1 aromatic heterocycles. The molecule has 7 heteroatoms. The molecule has 0 radical (unpaired) electrons. The number of carbonyl (C=O) groups excluding carboxylic acids is 2. The normalized spacial score (nSPS) is 14.6. The molecule has 0 saturated carbocycles. The van der Waals surface area contributed by atoms with E-state index in [0.29, 0.717) is 25.2 Å². The van der Waals surface area contributed by atoms with Crippen molar-refractivity contribution in [3.05, 3.63) is 83.7 Å². The summed E-state index contributed by atoms with van der Waals surface area (Å²) in [5.74, 6) is -0.225. The largest absolute Gasteiger partial charge is 0.460 e. The standard InChI is InChI=1S/C27H32N4O3/c1-2-10-25-24(19-28-31(25)23-13-7-4-8-14-23)27(33)30-16-9-15-29(17-18-30)20-26(32)34-21-22-11-5-3-6-12-22/h3-8,11-14,19H,2,9-10,15-18,20-21H2,1H3. The summed E-state index contributed by atoms with van der Waals surface area (Å²) in [7, 11) is 0. The topological polar surface area (TPSA) is 67.7 Å². The molecule has 1 saturated heterocycles. The van der Waals surface area contributed by atoms with Gasteiger partial charge in [0, 0.05) is 26.2 Å². The second-order valence-corrected chi connectivity index (χ2v) is 8.57. The van der Waals surface area contributed by atoms with Gasteiger partial charge >= 0.3 is 5.97 Å². The van der Waals surface area contributed by atoms with E-state index in [-0.39, 0.29) is 25.0 Å². The second-order valence-electron chi connectivity index (χ2n) is 8.57. The number of nitrogens with zero attached hydrogens (tertiary/aromatic N) is 4. The molecule has 2 aromatic carbocycles. The zero-order valence-electron chi connectivity index (χ0n) is 19.7. The minimum atomic E-state index is -0.238. The number of benzene rings is 2. The minimum absolute atomic E-state index is 0.0131. The summed E-state index contributed by atoms with van der Waals surface area (Å²) in [6.45, 7) is 5.27. The summed E-state index contributed by atoms with van der Waals surface area (Å²) >= 11 is 0. The summed E-state index contributed by atoms with van der Waals surface area (Å²) in [6, 6.07) is 19.6. The summed E-state index contributed by atoms with van der Waals surface area (Å²) in [6.07, 6.45) is 4.22. The first-order valence-corrected chi connectivity index (χ1v) is 12.0. The van der Waals surface area contributed by atoms with Gasteiger partial charge in [0.15, 0.2) is 0 Å². The number of carbonyl (C=O) groups is 2. The quantitative estimate of drug-likeness (QED) is 0.480. The van der Waals surface area contributed by atoms with Crippen LogP contribution in [0.5, 0.6) is 0 Å². The van der Waals surface area contributed by atoms with E-state index < -0.39 is 0 Å². The molecule has 2 heterocycles. The highest BCUT2D eigenvalue weighted by Crippen LogP contribution is 2.19. The zero-order valence-corrected chi connectivity index (χ0v) is 19.7. The van der Waals surface area contributed by atoms with E-state index in [1.807, 2.05) is 70.2 Å². The third-order valence-electron chi connectivity index (χ3n) is 6.06. The van der Waals surface area contributed by atoms with Crippen LogP contribution in [0.4, 0.5) is 0 Å². The third-order valence-corrected chi connectivity index (χ3v) is 6.06. The van der Waals surface area contributed by atoms with Crippen molar-refractivity contribution in [1.29, 1.82) is 0 Å². The van der Waals surface area contributed by atoms with E-state index in [9.17, 15) is 9.59 Å². The first-order chi connectivity index (χ1) is 16.7. The highest BCUT2D eigenvalue weighted by Gasteiger charge is 2.25. The molecule has 1 aliphatic heterocycles. The molecule has 1 fully saturated rings. The molecule has 7 nitrogen and oxygen atoms in total. The van der Waals surface area contributed by atoms with Gasteiger partial charge in [-0.15, -0.1) is 0 Å². The van der Waals surface area contributed by atoms with Crippen molar-refractivity contribution < 1.29 is 14.3 Å². The second kappa shape index (κ2) is 11.6. The van der Waals surface area contributed by atoms with Gasteiger partial charge in [-0.2, -0.15) is 5.10 Å². The molecule has 3 aromatic rings. The molecule has 178 valence electrons. The first-order valence-electron chi connectivity index (χ1n) is 12.0. The van der Waals surface area contributed by atoms with Crippen LogP contribution in [0.2, 0.25) is 0 Å². The average molecular weight is 461 g/mol. The van der Waals surface area contributed by atoms with Gasteiger partial charge in [0.1, 0.15) is 6.61 Å². The van der Waals surface area contributed by atoms with Gasteiger partial charge in [-0.1, -0.05) is 61.9 Å². The van der Waals surface area contributed by atoms with Crippen LogP contribution in [-0.2, 0) is 22.6 Å². The molecule has 34 heavy (non-hydrogen) atoms. The van der Waals surface area contributed by atoms with Crippen molar-refractivity contribution >= 4 is 11.9 Å². The fraction of sp³-hybridized carbons (Fsp3) is 0.370. The van der Waals surface area contributed by atoms with Crippen LogP contribution < -0.4 is 0 Å². The molecule has 0 spiro atoms. The highest BCUT2D eigenvalue weighted by atomic mass is 16.5. The van der Waals surface area contributed by atoms with Crippen LogP contribution in [0, 0.1) is 0 Å². The monoisotopic (exact) mass is 460 g/mol. The van der Waals surface area contributed by atoms with Gasteiger partial charge in [-0.05, 0) is 30.5 Å². The SMILES string of the molecule is CCCc1c(C(=O)N2CCCN(CC(=O)OCc3ccccc3)CC2)cnn1-c1ccccc1. The number of amides is 1. The molecule has 4 rings (SSSR count). The van der Waals surface area contributed by atoms with Gasteiger partial charge < -0.3 is 9.64 Å². The number of ether oxygens (including phenoxy) is 1. The summed E-state index contributed by atoms with van der Waals surface area (Å²) in [5.41, 5.74) is 3.55. The summed E-state index contributed by atoms with van der Waals surface area (Å²) in [4.78, 5) is 29.7. The Bertz CT molecular complexity index is 1080. The van der Waals surface area contributed by atoms with E-state index in [1.165, 1.54) is 0 Å². The van der Waals surface area contributed by atoms with Gasteiger partial charge in [0.25, 0.3) is 5.91 Å². The Hall–Kier alpha value is -3.45. The molecule has 0 N–H and O–H groups in total. The Morgan fingerprint density at radius 1 is 0.941 bits per heavy atom. The first kappa shape index (κ1) is 23.7. The molecule has 0 atom stereocenters. The lowest BCUT2D eigenvalue weighted by Crippen LogP contribution is -2.37. The van der Waals surface area contributed by atoms with Gasteiger partial charge in [-0.3, -0.25) is 14.5 Å². The lowest BCUT2D eigenvalue weighted by atomic mass is 10.1. The van der Waals surface area contributed by atoms with Crippen LogP contribution in [0.25, 0.3) is 5.69 Å². The number of esters is 1. The Morgan fingerprint density at radius 3 is 2.41 bits per heavy atom. The molecule has 0 aliphatic carbocycles. The van der Waals surface area contributed by atoms with Crippen molar-refractivity contribution in [2.24, 2.45) is 0 Å². The van der Waals surface area contributed by atoms with Crippen molar-refractivity contribution in [1.82, 2.24) is 19.6 Å². The van der Waals surface area contributed by atoms with Gasteiger partial charge in [0.2, 0.25) is 0 Å².